The maximum atomic E-state index is 13.0. The highest BCUT2D eigenvalue weighted by Gasteiger charge is 2.35. The van der Waals surface area contributed by atoms with Gasteiger partial charge in [-0.2, -0.15) is 0 Å². The normalized spacial score (nSPS) is 22.7. The second-order valence-corrected chi connectivity index (χ2v) is 8.06. The smallest absolute Gasteiger partial charge is 0.319 e. The number of amides is 3. The molecule has 3 amide bonds. The summed E-state index contributed by atoms with van der Waals surface area (Å²) in [6.45, 7) is 5.62. The Labute approximate surface area is 156 Å². The number of piperidine rings is 1. The zero-order valence-electron chi connectivity index (χ0n) is 16.0. The molecule has 142 valence electrons. The van der Waals surface area contributed by atoms with Crippen LogP contribution < -0.4 is 10.6 Å². The Morgan fingerprint density at radius 3 is 2.50 bits per heavy atom. The number of hydrogen-bond donors (Lipinski definition) is 2. The summed E-state index contributed by atoms with van der Waals surface area (Å²) < 4.78 is 0. The number of nitrogens with one attached hydrogen (secondary N) is 2. The van der Waals surface area contributed by atoms with Gasteiger partial charge in [0.25, 0.3) is 5.91 Å². The summed E-state index contributed by atoms with van der Waals surface area (Å²) in [7, 11) is 0. The van der Waals surface area contributed by atoms with Crippen molar-refractivity contribution in [2.75, 3.05) is 18.4 Å². The highest BCUT2D eigenvalue weighted by atomic mass is 16.2. The van der Waals surface area contributed by atoms with Crippen molar-refractivity contribution < 1.29 is 9.59 Å². The Morgan fingerprint density at radius 1 is 1.08 bits per heavy atom. The lowest BCUT2D eigenvalue weighted by Crippen LogP contribution is -2.49. The first kappa shape index (κ1) is 18.7. The lowest BCUT2D eigenvalue weighted by atomic mass is 9.78. The minimum absolute atomic E-state index is 0.136. The van der Waals surface area contributed by atoms with Crippen LogP contribution in [0.15, 0.2) is 24.3 Å². The third-order valence-electron chi connectivity index (χ3n) is 5.56. The number of urea groups is 1. The van der Waals surface area contributed by atoms with Gasteiger partial charge in [0.2, 0.25) is 0 Å². The molecule has 0 unspecified atom stereocenters. The van der Waals surface area contributed by atoms with Crippen molar-refractivity contribution in [2.24, 2.45) is 11.8 Å². The predicted molar refractivity (Wildman–Crippen MR) is 104 cm³/mol. The third kappa shape index (κ3) is 4.57. The molecule has 1 aromatic rings. The zero-order valence-corrected chi connectivity index (χ0v) is 16.0. The molecular formula is C21H31N3O2. The van der Waals surface area contributed by atoms with Crippen LogP contribution in [0.2, 0.25) is 0 Å². The average Bonchev–Trinajstić information content (AvgIpc) is 2.66. The summed E-state index contributed by atoms with van der Waals surface area (Å²) in [6, 6.07) is 7.48. The zero-order chi connectivity index (χ0) is 18.5. The van der Waals surface area contributed by atoms with Crippen molar-refractivity contribution in [3.63, 3.8) is 0 Å². The van der Waals surface area contributed by atoms with Crippen molar-refractivity contribution in [1.29, 1.82) is 0 Å². The largest absolute Gasteiger partial charge is 0.338 e. The number of hydrogen-bond acceptors (Lipinski definition) is 2. The number of anilines is 1. The maximum Gasteiger partial charge on any atom is 0.319 e. The van der Waals surface area contributed by atoms with Gasteiger partial charge in [0.15, 0.2) is 0 Å². The SMILES string of the molecule is CC(C)CNC(=O)Nc1ccc(C(=O)N2CCC[C@@H]3CCCC[C@@H]32)cc1. The second-order valence-electron chi connectivity index (χ2n) is 8.06. The molecule has 2 N–H and O–H groups in total. The van der Waals surface area contributed by atoms with Crippen LogP contribution in [0.1, 0.15) is 62.7 Å². The van der Waals surface area contributed by atoms with Gasteiger partial charge in [-0.15, -0.1) is 0 Å². The molecule has 0 radical (unpaired) electrons. The Kier molecular flexibility index (Phi) is 6.17. The molecule has 26 heavy (non-hydrogen) atoms. The number of rotatable bonds is 4. The van der Waals surface area contributed by atoms with Crippen LogP contribution in [0.5, 0.6) is 0 Å². The van der Waals surface area contributed by atoms with E-state index in [0.29, 0.717) is 35.7 Å². The van der Waals surface area contributed by atoms with Crippen LogP contribution >= 0.6 is 0 Å². The summed E-state index contributed by atoms with van der Waals surface area (Å²) in [6.07, 6.45) is 7.34. The first-order valence-corrected chi connectivity index (χ1v) is 10.0. The molecular weight excluding hydrogens is 326 g/mol. The van der Waals surface area contributed by atoms with Gasteiger partial charge in [-0.05, 0) is 61.8 Å². The Morgan fingerprint density at radius 2 is 1.77 bits per heavy atom. The Balaban J connectivity index is 1.60. The Bertz CT molecular complexity index is 625. The summed E-state index contributed by atoms with van der Waals surface area (Å²) in [4.78, 5) is 26.9. The van der Waals surface area contributed by atoms with Gasteiger partial charge in [-0.3, -0.25) is 4.79 Å². The first-order chi connectivity index (χ1) is 12.5. The van der Waals surface area contributed by atoms with Gasteiger partial charge in [-0.25, -0.2) is 4.79 Å². The fraction of sp³-hybridized carbons (Fsp3) is 0.619. The third-order valence-corrected chi connectivity index (χ3v) is 5.56. The molecule has 1 aliphatic heterocycles. The van der Waals surface area contributed by atoms with Gasteiger partial charge in [0, 0.05) is 30.4 Å². The van der Waals surface area contributed by atoms with Gasteiger partial charge in [-0.1, -0.05) is 26.7 Å². The molecule has 1 aliphatic carbocycles. The summed E-state index contributed by atoms with van der Waals surface area (Å²) in [5, 5.41) is 5.64. The number of carbonyl (C=O) groups is 2. The molecule has 1 heterocycles. The van der Waals surface area contributed by atoms with Crippen LogP contribution in [0, 0.1) is 11.8 Å². The van der Waals surface area contributed by atoms with Crippen molar-refractivity contribution in [3.05, 3.63) is 29.8 Å². The molecule has 3 rings (SSSR count). The molecule has 5 nitrogen and oxygen atoms in total. The van der Waals surface area contributed by atoms with Crippen LogP contribution in [0.3, 0.4) is 0 Å². The summed E-state index contributed by atoms with van der Waals surface area (Å²) in [5.41, 5.74) is 1.42. The van der Waals surface area contributed by atoms with E-state index in [9.17, 15) is 9.59 Å². The van der Waals surface area contributed by atoms with E-state index in [1.165, 1.54) is 25.7 Å². The predicted octanol–water partition coefficient (Wildman–Crippen LogP) is 4.26. The highest BCUT2D eigenvalue weighted by Crippen LogP contribution is 2.35. The van der Waals surface area contributed by atoms with Gasteiger partial charge >= 0.3 is 6.03 Å². The average molecular weight is 357 g/mol. The van der Waals surface area contributed by atoms with E-state index in [-0.39, 0.29) is 11.9 Å². The highest BCUT2D eigenvalue weighted by molar-refractivity contribution is 5.95. The van der Waals surface area contributed by atoms with Gasteiger partial charge in [0.1, 0.15) is 0 Å². The molecule has 1 saturated carbocycles. The van der Waals surface area contributed by atoms with Crippen LogP contribution in [0.4, 0.5) is 10.5 Å². The van der Waals surface area contributed by atoms with E-state index in [1.54, 1.807) is 0 Å². The number of nitrogens with zero attached hydrogens (tertiary/aromatic N) is 1. The first-order valence-electron chi connectivity index (χ1n) is 10.0. The maximum absolute atomic E-state index is 13.0. The molecule has 0 spiro atoms. The minimum atomic E-state index is -0.209. The molecule has 2 fully saturated rings. The number of likely N-dealkylation sites (tertiary alicyclic amines) is 1. The van der Waals surface area contributed by atoms with Crippen molar-refractivity contribution in [3.8, 4) is 0 Å². The number of fused-ring (bicyclic) bond motifs is 1. The van der Waals surface area contributed by atoms with E-state index in [4.69, 9.17) is 0 Å². The van der Waals surface area contributed by atoms with Crippen molar-refractivity contribution in [2.45, 2.75) is 58.4 Å². The lowest BCUT2D eigenvalue weighted by Gasteiger charge is -2.44. The van der Waals surface area contributed by atoms with E-state index < -0.39 is 0 Å². The fourth-order valence-corrected chi connectivity index (χ4v) is 4.21. The van der Waals surface area contributed by atoms with Crippen LogP contribution in [-0.4, -0.2) is 36.0 Å². The van der Waals surface area contributed by atoms with Crippen molar-refractivity contribution >= 4 is 17.6 Å². The standard InChI is InChI=1S/C21H31N3O2/c1-15(2)14-22-21(26)23-18-11-9-17(10-12-18)20(25)24-13-5-7-16-6-3-4-8-19(16)24/h9-12,15-16,19H,3-8,13-14H2,1-2H3,(H2,22,23,26)/t16-,19-/m0/s1. The van der Waals surface area contributed by atoms with Crippen LogP contribution in [0.25, 0.3) is 0 Å². The molecule has 0 bridgehead atoms. The van der Waals surface area contributed by atoms with E-state index in [2.05, 4.69) is 29.4 Å². The van der Waals surface area contributed by atoms with Gasteiger partial charge < -0.3 is 15.5 Å². The monoisotopic (exact) mass is 357 g/mol. The molecule has 2 aliphatic rings. The Hall–Kier alpha value is -2.04. The molecule has 1 aromatic carbocycles. The summed E-state index contributed by atoms with van der Waals surface area (Å²) >= 11 is 0. The van der Waals surface area contributed by atoms with E-state index in [1.807, 2.05) is 24.3 Å². The topological polar surface area (TPSA) is 61.4 Å². The summed E-state index contributed by atoms with van der Waals surface area (Å²) in [5.74, 6) is 1.23. The van der Waals surface area contributed by atoms with Crippen LogP contribution in [-0.2, 0) is 0 Å². The lowest BCUT2D eigenvalue weighted by molar-refractivity contribution is 0.0390. The van der Waals surface area contributed by atoms with E-state index in [0.717, 1.165) is 19.4 Å². The minimum Gasteiger partial charge on any atom is -0.338 e. The van der Waals surface area contributed by atoms with Crippen molar-refractivity contribution in [1.82, 2.24) is 10.2 Å². The second kappa shape index (κ2) is 8.56. The molecule has 0 aromatic heterocycles. The van der Waals surface area contributed by atoms with Gasteiger partial charge in [0.05, 0.1) is 0 Å². The van der Waals surface area contributed by atoms with E-state index >= 15 is 0 Å². The molecule has 1 saturated heterocycles. The molecule has 2 atom stereocenters. The molecule has 5 heteroatoms. The quantitative estimate of drug-likeness (QED) is 0.846. The number of benzene rings is 1. The number of carbonyl (C=O) groups excluding carboxylic acids is 2. The fourth-order valence-electron chi connectivity index (χ4n) is 4.21.